The largest absolute Gasteiger partial charge is 0.478 e. The van der Waals surface area contributed by atoms with Crippen molar-refractivity contribution in [1.29, 1.82) is 0 Å². The molecule has 0 heterocycles. The van der Waals surface area contributed by atoms with Crippen molar-refractivity contribution in [1.82, 2.24) is 4.90 Å². The van der Waals surface area contributed by atoms with E-state index in [-0.39, 0.29) is 0 Å². The number of hydrogen-bond acceptors (Lipinski definition) is 3. The normalized spacial score (nSPS) is 10.6. The third-order valence-corrected chi connectivity index (χ3v) is 2.85. The van der Waals surface area contributed by atoms with Gasteiger partial charge in [-0.1, -0.05) is 19.9 Å². The lowest BCUT2D eigenvalue weighted by Crippen LogP contribution is -2.29. The highest BCUT2D eigenvalue weighted by molar-refractivity contribution is 5.88. The van der Waals surface area contributed by atoms with Gasteiger partial charge in [0.2, 0.25) is 0 Å². The van der Waals surface area contributed by atoms with Crippen LogP contribution in [0.2, 0.25) is 0 Å². The van der Waals surface area contributed by atoms with Gasteiger partial charge in [0.05, 0.1) is 5.56 Å². The summed E-state index contributed by atoms with van der Waals surface area (Å²) >= 11 is 0. The number of nitrogens with zero attached hydrogens (tertiary/aromatic N) is 1. The van der Waals surface area contributed by atoms with Crippen molar-refractivity contribution in [2.75, 3.05) is 31.5 Å². The summed E-state index contributed by atoms with van der Waals surface area (Å²) in [5.74, 6) is -0.889. The quantitative estimate of drug-likeness (QED) is 0.744. The molecule has 0 aromatic heterocycles. The van der Waals surface area contributed by atoms with Crippen LogP contribution in [0.15, 0.2) is 24.3 Å². The lowest BCUT2D eigenvalue weighted by molar-refractivity contribution is 0.0697. The molecule has 0 bridgehead atoms. The van der Waals surface area contributed by atoms with Gasteiger partial charge in [0, 0.05) is 18.8 Å². The standard InChI is InChI=1S/C14H22N2O2/c1-3-9-16(4-2)10-8-15-13-7-5-6-12(11-13)14(17)18/h5-7,11,15H,3-4,8-10H2,1-2H3,(H,17,18). The maximum atomic E-state index is 10.8. The van der Waals surface area contributed by atoms with E-state index in [1.165, 1.54) is 0 Å². The fourth-order valence-electron chi connectivity index (χ4n) is 1.86. The average molecular weight is 250 g/mol. The van der Waals surface area contributed by atoms with Crippen LogP contribution < -0.4 is 5.32 Å². The molecule has 18 heavy (non-hydrogen) atoms. The van der Waals surface area contributed by atoms with Crippen LogP contribution in [0.4, 0.5) is 5.69 Å². The predicted molar refractivity (Wildman–Crippen MR) is 74.3 cm³/mol. The van der Waals surface area contributed by atoms with Gasteiger partial charge in [0.15, 0.2) is 0 Å². The lowest BCUT2D eigenvalue weighted by atomic mass is 10.2. The van der Waals surface area contributed by atoms with Crippen LogP contribution in [-0.4, -0.2) is 42.2 Å². The van der Waals surface area contributed by atoms with E-state index in [0.717, 1.165) is 38.3 Å². The number of likely N-dealkylation sites (N-methyl/N-ethyl adjacent to an activating group) is 1. The highest BCUT2D eigenvalue weighted by Gasteiger charge is 2.03. The minimum Gasteiger partial charge on any atom is -0.478 e. The number of anilines is 1. The fourth-order valence-corrected chi connectivity index (χ4v) is 1.86. The Morgan fingerprint density at radius 2 is 2.11 bits per heavy atom. The number of carboxylic acid groups (broad SMARTS) is 1. The first-order chi connectivity index (χ1) is 8.67. The Kier molecular flexibility index (Phi) is 6.22. The van der Waals surface area contributed by atoms with Gasteiger partial charge in [-0.2, -0.15) is 0 Å². The zero-order valence-corrected chi connectivity index (χ0v) is 11.1. The number of rotatable bonds is 8. The van der Waals surface area contributed by atoms with Crippen LogP contribution in [0.25, 0.3) is 0 Å². The maximum absolute atomic E-state index is 10.8. The van der Waals surface area contributed by atoms with Crippen LogP contribution >= 0.6 is 0 Å². The summed E-state index contributed by atoms with van der Waals surface area (Å²) in [7, 11) is 0. The first-order valence-electron chi connectivity index (χ1n) is 6.47. The summed E-state index contributed by atoms with van der Waals surface area (Å²) in [5.41, 5.74) is 1.18. The van der Waals surface area contributed by atoms with Crippen LogP contribution in [0.1, 0.15) is 30.6 Å². The maximum Gasteiger partial charge on any atom is 0.335 e. The summed E-state index contributed by atoms with van der Waals surface area (Å²) in [6.07, 6.45) is 1.16. The molecule has 4 nitrogen and oxygen atoms in total. The van der Waals surface area contributed by atoms with Gasteiger partial charge in [-0.3, -0.25) is 0 Å². The molecule has 0 saturated carbocycles. The minimum atomic E-state index is -0.889. The summed E-state index contributed by atoms with van der Waals surface area (Å²) in [5, 5.41) is 12.2. The zero-order valence-electron chi connectivity index (χ0n) is 11.1. The Labute approximate surface area is 109 Å². The summed E-state index contributed by atoms with van der Waals surface area (Å²) in [4.78, 5) is 13.2. The van der Waals surface area contributed by atoms with Gasteiger partial charge in [0.1, 0.15) is 0 Å². The minimum absolute atomic E-state index is 0.320. The molecule has 1 aromatic carbocycles. The molecule has 0 unspecified atom stereocenters. The van der Waals surface area contributed by atoms with Gasteiger partial charge in [-0.05, 0) is 37.7 Å². The third-order valence-electron chi connectivity index (χ3n) is 2.85. The van der Waals surface area contributed by atoms with Crippen LogP contribution in [0, 0.1) is 0 Å². The Balaban J connectivity index is 2.43. The molecule has 0 aliphatic heterocycles. The summed E-state index contributed by atoms with van der Waals surface area (Å²) in [6.45, 7) is 8.28. The Bertz CT molecular complexity index is 380. The zero-order chi connectivity index (χ0) is 13.4. The number of hydrogen-bond donors (Lipinski definition) is 2. The second kappa shape index (κ2) is 7.71. The second-order valence-electron chi connectivity index (χ2n) is 4.25. The van der Waals surface area contributed by atoms with Crippen LogP contribution in [0.5, 0.6) is 0 Å². The van der Waals surface area contributed by atoms with E-state index in [2.05, 4.69) is 24.1 Å². The van der Waals surface area contributed by atoms with Crippen molar-refractivity contribution in [2.24, 2.45) is 0 Å². The second-order valence-corrected chi connectivity index (χ2v) is 4.25. The molecule has 1 rings (SSSR count). The molecule has 2 N–H and O–H groups in total. The van der Waals surface area contributed by atoms with Gasteiger partial charge >= 0.3 is 5.97 Å². The van der Waals surface area contributed by atoms with E-state index in [4.69, 9.17) is 5.11 Å². The van der Waals surface area contributed by atoms with Crippen molar-refractivity contribution in [3.05, 3.63) is 29.8 Å². The van der Waals surface area contributed by atoms with E-state index >= 15 is 0 Å². The molecule has 0 radical (unpaired) electrons. The molecule has 1 aromatic rings. The molecule has 0 saturated heterocycles. The van der Waals surface area contributed by atoms with Crippen molar-refractivity contribution in [3.8, 4) is 0 Å². The van der Waals surface area contributed by atoms with Crippen molar-refractivity contribution in [2.45, 2.75) is 20.3 Å². The van der Waals surface area contributed by atoms with Gasteiger partial charge in [-0.25, -0.2) is 4.79 Å². The topological polar surface area (TPSA) is 52.6 Å². The molecule has 100 valence electrons. The number of carboxylic acids is 1. The van der Waals surface area contributed by atoms with E-state index < -0.39 is 5.97 Å². The molecule has 0 aliphatic rings. The predicted octanol–water partition coefficient (Wildman–Crippen LogP) is 2.53. The Morgan fingerprint density at radius 1 is 1.33 bits per heavy atom. The van der Waals surface area contributed by atoms with Gasteiger partial charge < -0.3 is 15.3 Å². The smallest absolute Gasteiger partial charge is 0.335 e. The average Bonchev–Trinajstić information content (AvgIpc) is 2.38. The van der Waals surface area contributed by atoms with Crippen molar-refractivity contribution >= 4 is 11.7 Å². The van der Waals surface area contributed by atoms with Crippen LogP contribution in [-0.2, 0) is 0 Å². The number of aromatic carboxylic acids is 1. The van der Waals surface area contributed by atoms with E-state index in [1.54, 1.807) is 18.2 Å². The number of benzene rings is 1. The molecule has 0 fully saturated rings. The highest BCUT2D eigenvalue weighted by Crippen LogP contribution is 2.10. The molecule has 0 amide bonds. The third kappa shape index (κ3) is 4.75. The first kappa shape index (κ1) is 14.5. The van der Waals surface area contributed by atoms with E-state index in [9.17, 15) is 4.79 Å². The number of nitrogens with one attached hydrogen (secondary N) is 1. The molecular weight excluding hydrogens is 228 g/mol. The van der Waals surface area contributed by atoms with Crippen LogP contribution in [0.3, 0.4) is 0 Å². The molecule has 4 heteroatoms. The van der Waals surface area contributed by atoms with E-state index in [0.29, 0.717) is 5.56 Å². The number of carbonyl (C=O) groups is 1. The molecule has 0 aliphatic carbocycles. The Hall–Kier alpha value is -1.55. The van der Waals surface area contributed by atoms with Crippen molar-refractivity contribution < 1.29 is 9.90 Å². The lowest BCUT2D eigenvalue weighted by Gasteiger charge is -2.19. The van der Waals surface area contributed by atoms with Gasteiger partial charge in [0.25, 0.3) is 0 Å². The van der Waals surface area contributed by atoms with E-state index in [1.807, 2.05) is 6.07 Å². The molecule has 0 atom stereocenters. The monoisotopic (exact) mass is 250 g/mol. The Morgan fingerprint density at radius 3 is 2.72 bits per heavy atom. The molecule has 0 spiro atoms. The summed E-state index contributed by atoms with van der Waals surface area (Å²) in [6, 6.07) is 6.92. The summed E-state index contributed by atoms with van der Waals surface area (Å²) < 4.78 is 0. The fraction of sp³-hybridized carbons (Fsp3) is 0.500. The SMILES string of the molecule is CCCN(CC)CCNc1cccc(C(=O)O)c1. The first-order valence-corrected chi connectivity index (χ1v) is 6.47. The van der Waals surface area contributed by atoms with Crippen molar-refractivity contribution in [3.63, 3.8) is 0 Å². The molecular formula is C14H22N2O2. The van der Waals surface area contributed by atoms with Gasteiger partial charge in [-0.15, -0.1) is 0 Å². The highest BCUT2D eigenvalue weighted by atomic mass is 16.4.